The maximum absolute atomic E-state index is 13.3. The van der Waals surface area contributed by atoms with E-state index in [0.29, 0.717) is 19.0 Å². The first-order valence-electron chi connectivity index (χ1n) is 5.20. The van der Waals surface area contributed by atoms with E-state index in [2.05, 4.69) is 15.2 Å². The Labute approximate surface area is 93.3 Å². The maximum atomic E-state index is 13.3. The summed E-state index contributed by atoms with van der Waals surface area (Å²) in [5.74, 6) is 0. The fourth-order valence-corrected chi connectivity index (χ4v) is 2.71. The van der Waals surface area contributed by atoms with E-state index in [1.54, 1.807) is 17.5 Å². The number of alkyl halides is 1. The standard InChI is InChI=1S/C10H16FN3S/c1-12-5-9-4-8(11)6-14(9)7-10-13-2-3-15-10/h2-3,8-9,12H,4-7H2,1H3/t8-,9+/m1/s1. The van der Waals surface area contributed by atoms with Crippen molar-refractivity contribution in [1.29, 1.82) is 0 Å². The topological polar surface area (TPSA) is 28.2 Å². The number of hydrogen-bond acceptors (Lipinski definition) is 4. The Morgan fingerprint density at radius 2 is 2.60 bits per heavy atom. The van der Waals surface area contributed by atoms with Crippen molar-refractivity contribution < 1.29 is 4.39 Å². The molecule has 0 amide bonds. The highest BCUT2D eigenvalue weighted by molar-refractivity contribution is 7.09. The van der Waals surface area contributed by atoms with Gasteiger partial charge >= 0.3 is 0 Å². The Bertz CT molecular complexity index is 291. The van der Waals surface area contributed by atoms with Crippen LogP contribution >= 0.6 is 11.3 Å². The highest BCUT2D eigenvalue weighted by Crippen LogP contribution is 2.22. The van der Waals surface area contributed by atoms with Crippen LogP contribution in [0.4, 0.5) is 4.39 Å². The largest absolute Gasteiger partial charge is 0.318 e. The van der Waals surface area contributed by atoms with Crippen LogP contribution in [0.25, 0.3) is 0 Å². The third kappa shape index (κ3) is 2.74. The molecule has 84 valence electrons. The first-order valence-corrected chi connectivity index (χ1v) is 6.08. The summed E-state index contributed by atoms with van der Waals surface area (Å²) in [5, 5.41) is 6.15. The molecule has 5 heteroatoms. The number of aromatic nitrogens is 1. The monoisotopic (exact) mass is 229 g/mol. The predicted octanol–water partition coefficient (Wildman–Crippen LogP) is 1.27. The van der Waals surface area contributed by atoms with E-state index in [9.17, 15) is 4.39 Å². The van der Waals surface area contributed by atoms with Gasteiger partial charge in [0.1, 0.15) is 11.2 Å². The molecule has 2 heterocycles. The van der Waals surface area contributed by atoms with E-state index in [1.807, 2.05) is 12.4 Å². The molecule has 1 saturated heterocycles. The van der Waals surface area contributed by atoms with Gasteiger partial charge in [0.25, 0.3) is 0 Å². The van der Waals surface area contributed by atoms with Gasteiger partial charge in [-0.3, -0.25) is 4.90 Å². The molecule has 1 aromatic heterocycles. The third-order valence-electron chi connectivity index (χ3n) is 2.74. The van der Waals surface area contributed by atoms with Crippen molar-refractivity contribution in [3.05, 3.63) is 16.6 Å². The lowest BCUT2D eigenvalue weighted by molar-refractivity contribution is 0.232. The maximum Gasteiger partial charge on any atom is 0.114 e. The zero-order valence-electron chi connectivity index (χ0n) is 8.82. The summed E-state index contributed by atoms with van der Waals surface area (Å²) in [7, 11) is 1.91. The molecule has 0 radical (unpaired) electrons. The van der Waals surface area contributed by atoms with Crippen molar-refractivity contribution >= 4 is 11.3 Å². The molecule has 2 rings (SSSR count). The second-order valence-corrected chi connectivity index (χ2v) is 4.88. The molecule has 1 N–H and O–H groups in total. The number of hydrogen-bond donors (Lipinski definition) is 1. The van der Waals surface area contributed by atoms with Gasteiger partial charge in [-0.15, -0.1) is 11.3 Å². The van der Waals surface area contributed by atoms with E-state index in [-0.39, 0.29) is 0 Å². The van der Waals surface area contributed by atoms with Gasteiger partial charge in [0, 0.05) is 30.7 Å². The average molecular weight is 229 g/mol. The summed E-state index contributed by atoms with van der Waals surface area (Å²) >= 11 is 1.64. The molecule has 0 bridgehead atoms. The van der Waals surface area contributed by atoms with Crippen LogP contribution in [0.3, 0.4) is 0 Å². The van der Waals surface area contributed by atoms with Gasteiger partial charge in [-0.25, -0.2) is 9.37 Å². The lowest BCUT2D eigenvalue weighted by Crippen LogP contribution is -2.36. The van der Waals surface area contributed by atoms with Crippen LogP contribution in [0, 0.1) is 0 Å². The first-order chi connectivity index (χ1) is 7.29. The summed E-state index contributed by atoms with van der Waals surface area (Å²) in [4.78, 5) is 6.41. The smallest absolute Gasteiger partial charge is 0.114 e. The van der Waals surface area contributed by atoms with E-state index >= 15 is 0 Å². The first kappa shape index (κ1) is 11.0. The molecule has 0 unspecified atom stereocenters. The third-order valence-corrected chi connectivity index (χ3v) is 3.50. The molecule has 1 aliphatic rings. The Morgan fingerprint density at radius 3 is 3.27 bits per heavy atom. The van der Waals surface area contributed by atoms with Gasteiger partial charge in [-0.2, -0.15) is 0 Å². The summed E-state index contributed by atoms with van der Waals surface area (Å²) in [6.07, 6.45) is 1.77. The molecule has 15 heavy (non-hydrogen) atoms. The molecular weight excluding hydrogens is 213 g/mol. The summed E-state index contributed by atoms with van der Waals surface area (Å²) < 4.78 is 13.3. The van der Waals surface area contributed by atoms with E-state index in [1.165, 1.54) is 0 Å². The van der Waals surface area contributed by atoms with Gasteiger partial charge < -0.3 is 5.32 Å². The summed E-state index contributed by atoms with van der Waals surface area (Å²) in [5.41, 5.74) is 0. The molecule has 1 aliphatic heterocycles. The Kier molecular flexibility index (Phi) is 3.66. The highest BCUT2D eigenvalue weighted by Gasteiger charge is 2.31. The average Bonchev–Trinajstić information content (AvgIpc) is 2.78. The Balaban J connectivity index is 1.94. The predicted molar refractivity (Wildman–Crippen MR) is 59.8 cm³/mol. The van der Waals surface area contributed by atoms with Gasteiger partial charge in [0.15, 0.2) is 0 Å². The van der Waals surface area contributed by atoms with Crippen molar-refractivity contribution in [2.75, 3.05) is 20.1 Å². The van der Waals surface area contributed by atoms with Crippen LogP contribution in [-0.4, -0.2) is 42.2 Å². The van der Waals surface area contributed by atoms with Crippen LogP contribution in [0.5, 0.6) is 0 Å². The molecule has 1 aromatic rings. The highest BCUT2D eigenvalue weighted by atomic mass is 32.1. The quantitative estimate of drug-likeness (QED) is 0.843. The Hall–Kier alpha value is -0.520. The van der Waals surface area contributed by atoms with Crippen LogP contribution in [-0.2, 0) is 6.54 Å². The zero-order valence-corrected chi connectivity index (χ0v) is 9.63. The minimum absolute atomic E-state index is 0.314. The van der Waals surface area contributed by atoms with Crippen LogP contribution in [0.2, 0.25) is 0 Å². The minimum atomic E-state index is -0.677. The molecular formula is C10H16FN3S. The number of nitrogens with one attached hydrogen (secondary N) is 1. The molecule has 0 aliphatic carbocycles. The van der Waals surface area contributed by atoms with Gasteiger partial charge in [0.05, 0.1) is 6.54 Å². The molecule has 0 aromatic carbocycles. The number of likely N-dealkylation sites (tertiary alicyclic amines) is 1. The van der Waals surface area contributed by atoms with Crippen molar-refractivity contribution in [3.8, 4) is 0 Å². The number of halogens is 1. The zero-order chi connectivity index (χ0) is 10.7. The molecule has 2 atom stereocenters. The molecule has 0 saturated carbocycles. The van der Waals surface area contributed by atoms with E-state index < -0.39 is 6.17 Å². The summed E-state index contributed by atoms with van der Waals surface area (Å²) in [6, 6.07) is 0.314. The van der Waals surface area contributed by atoms with Crippen molar-refractivity contribution in [2.45, 2.75) is 25.2 Å². The number of thiazole rings is 1. The number of nitrogens with zero attached hydrogens (tertiary/aromatic N) is 2. The van der Waals surface area contributed by atoms with Crippen molar-refractivity contribution in [2.24, 2.45) is 0 Å². The molecule has 3 nitrogen and oxygen atoms in total. The fraction of sp³-hybridized carbons (Fsp3) is 0.700. The van der Waals surface area contributed by atoms with E-state index in [4.69, 9.17) is 0 Å². The lowest BCUT2D eigenvalue weighted by Gasteiger charge is -2.22. The lowest BCUT2D eigenvalue weighted by atomic mass is 10.2. The second kappa shape index (κ2) is 5.01. The van der Waals surface area contributed by atoms with Gasteiger partial charge in [-0.05, 0) is 13.5 Å². The number of rotatable bonds is 4. The Morgan fingerprint density at radius 1 is 1.73 bits per heavy atom. The van der Waals surface area contributed by atoms with Gasteiger partial charge in [0.2, 0.25) is 0 Å². The fourth-order valence-electron chi connectivity index (χ4n) is 2.07. The van der Waals surface area contributed by atoms with Crippen molar-refractivity contribution in [1.82, 2.24) is 15.2 Å². The van der Waals surface area contributed by atoms with Crippen LogP contribution in [0.1, 0.15) is 11.4 Å². The SMILES string of the molecule is CNC[C@@H]1C[C@@H](F)CN1Cc1nccs1. The normalized spacial score (nSPS) is 27.3. The second-order valence-electron chi connectivity index (χ2n) is 3.90. The molecule has 0 spiro atoms. The minimum Gasteiger partial charge on any atom is -0.318 e. The summed E-state index contributed by atoms with van der Waals surface area (Å²) in [6.45, 7) is 2.18. The van der Waals surface area contributed by atoms with Crippen LogP contribution < -0.4 is 5.32 Å². The number of likely N-dealkylation sites (N-methyl/N-ethyl adjacent to an activating group) is 1. The molecule has 1 fully saturated rings. The van der Waals surface area contributed by atoms with Crippen LogP contribution in [0.15, 0.2) is 11.6 Å². The van der Waals surface area contributed by atoms with E-state index in [0.717, 1.165) is 18.1 Å². The van der Waals surface area contributed by atoms with Gasteiger partial charge in [-0.1, -0.05) is 0 Å². The van der Waals surface area contributed by atoms with Crippen molar-refractivity contribution in [3.63, 3.8) is 0 Å².